The van der Waals surface area contributed by atoms with Crippen molar-refractivity contribution in [2.24, 2.45) is 4.99 Å². The van der Waals surface area contributed by atoms with Crippen molar-refractivity contribution in [2.75, 3.05) is 21.3 Å². The molecule has 3 aromatic carbocycles. The van der Waals surface area contributed by atoms with E-state index in [1.54, 1.807) is 27.4 Å². The minimum Gasteiger partial charge on any atom is -0.508 e. The van der Waals surface area contributed by atoms with E-state index in [1.807, 2.05) is 60.7 Å². The van der Waals surface area contributed by atoms with Gasteiger partial charge in [0.2, 0.25) is 0 Å². The van der Waals surface area contributed by atoms with Gasteiger partial charge < -0.3 is 19.3 Å². The van der Waals surface area contributed by atoms with E-state index >= 15 is 0 Å². The smallest absolute Gasteiger partial charge is 0.161 e. The zero-order chi connectivity index (χ0) is 21.8. The second-order valence-electron chi connectivity index (χ2n) is 7.30. The molecule has 0 radical (unpaired) electrons. The van der Waals surface area contributed by atoms with Gasteiger partial charge in [-0.2, -0.15) is 0 Å². The van der Waals surface area contributed by atoms with E-state index in [4.69, 9.17) is 19.2 Å². The molecule has 2 N–H and O–H groups in total. The first-order valence-corrected chi connectivity index (χ1v) is 10.1. The topological polar surface area (TPSA) is 72.3 Å². The molecular formula is C25H26N2O4. The molecule has 0 aliphatic carbocycles. The number of rotatable bonds is 6. The number of ether oxygens (including phenoxy) is 3. The van der Waals surface area contributed by atoms with Crippen molar-refractivity contribution in [3.05, 3.63) is 83.4 Å². The molecule has 0 bridgehead atoms. The lowest BCUT2D eigenvalue weighted by Gasteiger charge is -2.31. The summed E-state index contributed by atoms with van der Waals surface area (Å²) >= 11 is 0. The minimum atomic E-state index is -0.310. The number of phenolic OH excluding ortho intramolecular Hbond substituents is 1. The summed E-state index contributed by atoms with van der Waals surface area (Å²) in [7, 11) is 4.88. The monoisotopic (exact) mass is 418 g/mol. The van der Waals surface area contributed by atoms with Gasteiger partial charge in [0.05, 0.1) is 21.3 Å². The van der Waals surface area contributed by atoms with Gasteiger partial charge in [0.15, 0.2) is 11.5 Å². The average Bonchev–Trinajstić information content (AvgIpc) is 2.83. The Bertz CT molecular complexity index is 1080. The number of aliphatic imine (C=N–C) groups is 1. The quantitative estimate of drug-likeness (QED) is 0.610. The molecule has 31 heavy (non-hydrogen) atoms. The Labute approximate surface area is 182 Å². The van der Waals surface area contributed by atoms with Gasteiger partial charge in [-0.3, -0.25) is 10.3 Å². The number of para-hydroxylation sites is 1. The van der Waals surface area contributed by atoms with E-state index in [0.29, 0.717) is 17.9 Å². The third-order valence-electron chi connectivity index (χ3n) is 5.50. The molecule has 1 aliphatic rings. The molecular weight excluding hydrogens is 392 g/mol. The molecule has 6 heteroatoms. The van der Waals surface area contributed by atoms with Crippen molar-refractivity contribution in [3.8, 4) is 23.0 Å². The van der Waals surface area contributed by atoms with Crippen LogP contribution in [-0.2, 0) is 0 Å². The summed E-state index contributed by atoms with van der Waals surface area (Å²) in [4.78, 5) is 5.00. The maximum atomic E-state index is 10.5. The summed E-state index contributed by atoms with van der Waals surface area (Å²) in [6, 6.07) is 21.0. The molecule has 4 rings (SSSR count). The van der Waals surface area contributed by atoms with Crippen LogP contribution in [0.2, 0.25) is 0 Å². The molecule has 0 saturated carbocycles. The second kappa shape index (κ2) is 9.10. The predicted octanol–water partition coefficient (Wildman–Crippen LogP) is 4.64. The van der Waals surface area contributed by atoms with E-state index < -0.39 is 0 Å². The summed E-state index contributed by atoms with van der Waals surface area (Å²) in [5, 5.41) is 14.0. The third-order valence-corrected chi connectivity index (χ3v) is 5.50. The largest absolute Gasteiger partial charge is 0.508 e. The van der Waals surface area contributed by atoms with Gasteiger partial charge in [-0.1, -0.05) is 24.3 Å². The van der Waals surface area contributed by atoms with Crippen LogP contribution in [-0.4, -0.2) is 32.1 Å². The maximum Gasteiger partial charge on any atom is 0.161 e. The highest BCUT2D eigenvalue weighted by Gasteiger charge is 2.28. The van der Waals surface area contributed by atoms with Crippen LogP contribution in [0.4, 0.5) is 0 Å². The van der Waals surface area contributed by atoms with Crippen LogP contribution in [0.5, 0.6) is 23.0 Å². The molecule has 0 amide bonds. The number of methoxy groups -OCH3 is 3. The van der Waals surface area contributed by atoms with Crippen LogP contribution < -0.4 is 19.5 Å². The van der Waals surface area contributed by atoms with Gasteiger partial charge >= 0.3 is 0 Å². The zero-order valence-electron chi connectivity index (χ0n) is 17.8. The van der Waals surface area contributed by atoms with Gasteiger partial charge in [0.1, 0.15) is 17.7 Å². The number of hydrogen-bond acceptors (Lipinski definition) is 6. The van der Waals surface area contributed by atoms with E-state index in [2.05, 4.69) is 5.32 Å². The van der Waals surface area contributed by atoms with Crippen LogP contribution in [0, 0.1) is 0 Å². The standard InChI is InChI=1S/C25H26N2O4/c1-29-18-11-8-16(9-12-18)20-15-21(19-6-4-5-7-22(19)28)27-25(26-20)17-10-13-23(30-2)24(14-17)31-3/h4-14,21,25,27-28H,15H2,1-3H3/t21-,25-/m1/s1. The molecule has 2 atom stereocenters. The molecule has 0 unspecified atom stereocenters. The van der Waals surface area contributed by atoms with E-state index in [-0.39, 0.29) is 18.0 Å². The highest BCUT2D eigenvalue weighted by atomic mass is 16.5. The molecule has 0 spiro atoms. The SMILES string of the molecule is COc1ccc(C2=N[C@@H](c3ccc(OC)c(OC)c3)N[C@@H](c3ccccc3O)C2)cc1. The van der Waals surface area contributed by atoms with Gasteiger partial charge in [-0.15, -0.1) is 0 Å². The molecule has 0 aromatic heterocycles. The lowest BCUT2D eigenvalue weighted by atomic mass is 9.93. The van der Waals surface area contributed by atoms with Crippen molar-refractivity contribution >= 4 is 5.71 Å². The van der Waals surface area contributed by atoms with Crippen molar-refractivity contribution in [1.29, 1.82) is 0 Å². The number of nitrogens with zero attached hydrogens (tertiary/aromatic N) is 1. The lowest BCUT2D eigenvalue weighted by Crippen LogP contribution is -2.33. The Hall–Kier alpha value is -3.51. The molecule has 0 fully saturated rings. The maximum absolute atomic E-state index is 10.5. The molecule has 1 aliphatic heterocycles. The third kappa shape index (κ3) is 4.34. The number of nitrogens with one attached hydrogen (secondary N) is 1. The lowest BCUT2D eigenvalue weighted by molar-refractivity contribution is 0.353. The fourth-order valence-electron chi connectivity index (χ4n) is 3.84. The summed E-state index contributed by atoms with van der Waals surface area (Å²) in [5.41, 5.74) is 3.76. The first-order valence-electron chi connectivity index (χ1n) is 10.1. The van der Waals surface area contributed by atoms with Gasteiger partial charge in [-0.25, -0.2) is 0 Å². The number of aromatic hydroxyl groups is 1. The normalized spacial score (nSPS) is 18.2. The van der Waals surface area contributed by atoms with E-state index in [9.17, 15) is 5.11 Å². The Morgan fingerprint density at radius 1 is 0.871 bits per heavy atom. The summed E-state index contributed by atoms with van der Waals surface area (Å²) < 4.78 is 16.1. The predicted molar refractivity (Wildman–Crippen MR) is 120 cm³/mol. The minimum absolute atomic E-state index is 0.103. The first kappa shape index (κ1) is 20.8. The van der Waals surface area contributed by atoms with E-state index in [0.717, 1.165) is 28.2 Å². The number of phenols is 1. The highest BCUT2D eigenvalue weighted by molar-refractivity contribution is 6.01. The Balaban J connectivity index is 1.75. The first-order chi connectivity index (χ1) is 15.1. The Kier molecular flexibility index (Phi) is 6.09. The zero-order valence-corrected chi connectivity index (χ0v) is 17.8. The molecule has 3 aromatic rings. The molecule has 6 nitrogen and oxygen atoms in total. The number of benzene rings is 3. The van der Waals surface area contributed by atoms with Crippen molar-refractivity contribution in [2.45, 2.75) is 18.6 Å². The fourth-order valence-corrected chi connectivity index (χ4v) is 3.84. The Morgan fingerprint density at radius 3 is 2.29 bits per heavy atom. The van der Waals surface area contributed by atoms with E-state index in [1.165, 1.54) is 0 Å². The second-order valence-corrected chi connectivity index (χ2v) is 7.30. The van der Waals surface area contributed by atoms with Gasteiger partial charge in [-0.05, 0) is 53.6 Å². The van der Waals surface area contributed by atoms with Gasteiger partial charge in [0.25, 0.3) is 0 Å². The van der Waals surface area contributed by atoms with Crippen molar-refractivity contribution in [1.82, 2.24) is 5.32 Å². The molecule has 0 saturated heterocycles. The van der Waals surface area contributed by atoms with Crippen LogP contribution >= 0.6 is 0 Å². The molecule has 160 valence electrons. The number of hydrogen-bond donors (Lipinski definition) is 2. The molecule has 1 heterocycles. The van der Waals surface area contributed by atoms with Crippen LogP contribution in [0.15, 0.2) is 71.7 Å². The Morgan fingerprint density at radius 2 is 1.61 bits per heavy atom. The van der Waals surface area contributed by atoms with Crippen LogP contribution in [0.25, 0.3) is 0 Å². The van der Waals surface area contributed by atoms with Crippen molar-refractivity contribution in [3.63, 3.8) is 0 Å². The van der Waals surface area contributed by atoms with Crippen LogP contribution in [0.1, 0.15) is 35.3 Å². The average molecular weight is 418 g/mol. The van der Waals surface area contributed by atoms with Crippen LogP contribution in [0.3, 0.4) is 0 Å². The summed E-state index contributed by atoms with van der Waals surface area (Å²) in [6.45, 7) is 0. The fraction of sp³-hybridized carbons (Fsp3) is 0.240. The van der Waals surface area contributed by atoms with Gasteiger partial charge in [0, 0.05) is 23.7 Å². The summed E-state index contributed by atoms with van der Waals surface area (Å²) in [5.74, 6) is 2.38. The summed E-state index contributed by atoms with van der Waals surface area (Å²) in [6.07, 6.45) is 0.337. The highest BCUT2D eigenvalue weighted by Crippen LogP contribution is 2.37. The van der Waals surface area contributed by atoms with Crippen molar-refractivity contribution < 1.29 is 19.3 Å².